The first-order valence-corrected chi connectivity index (χ1v) is 7.17. The van der Waals surface area contributed by atoms with Gasteiger partial charge < -0.3 is 4.42 Å². The van der Waals surface area contributed by atoms with Gasteiger partial charge in [0.15, 0.2) is 4.67 Å². The monoisotopic (exact) mass is 376 g/mol. The molecule has 7 heteroatoms. The topological polar surface area (TPSA) is 69.0 Å². The highest BCUT2D eigenvalue weighted by Crippen LogP contribution is 2.32. The molecule has 0 saturated carbocycles. The van der Waals surface area contributed by atoms with E-state index in [1.54, 1.807) is 12.5 Å². The van der Waals surface area contributed by atoms with Crippen LogP contribution >= 0.6 is 31.9 Å². The number of halogens is 2. The van der Waals surface area contributed by atoms with E-state index < -0.39 is 0 Å². The third-order valence-corrected chi connectivity index (χ3v) is 3.92. The van der Waals surface area contributed by atoms with Crippen molar-refractivity contribution < 1.29 is 4.42 Å². The van der Waals surface area contributed by atoms with Crippen LogP contribution in [0.4, 0.5) is 0 Å². The molecule has 0 aliphatic heterocycles. The van der Waals surface area contributed by atoms with E-state index in [9.17, 15) is 0 Å². The summed E-state index contributed by atoms with van der Waals surface area (Å²) in [5, 5.41) is 4.34. The van der Waals surface area contributed by atoms with E-state index in [1.807, 2.05) is 10.7 Å². The summed E-state index contributed by atoms with van der Waals surface area (Å²) in [6.45, 7) is 2.95. The molecule has 0 spiro atoms. The van der Waals surface area contributed by atoms with E-state index >= 15 is 0 Å². The van der Waals surface area contributed by atoms with Gasteiger partial charge in [0, 0.05) is 12.1 Å². The summed E-state index contributed by atoms with van der Waals surface area (Å²) in [5.74, 6) is 5.68. The Bertz CT molecular complexity index is 523. The fourth-order valence-corrected chi connectivity index (χ4v) is 2.87. The smallest absolute Gasteiger partial charge is 0.174 e. The van der Waals surface area contributed by atoms with Crippen molar-refractivity contribution in [3.63, 3.8) is 0 Å². The molecule has 1 atom stereocenters. The van der Waals surface area contributed by atoms with E-state index in [-0.39, 0.29) is 6.04 Å². The third kappa shape index (κ3) is 2.54. The molecule has 2 rings (SSSR count). The van der Waals surface area contributed by atoms with Gasteiger partial charge in [-0.2, -0.15) is 5.10 Å². The minimum atomic E-state index is -0.179. The lowest BCUT2D eigenvalue weighted by Crippen LogP contribution is -2.31. The third-order valence-electron chi connectivity index (χ3n) is 2.67. The first-order valence-electron chi connectivity index (χ1n) is 5.59. The van der Waals surface area contributed by atoms with Crippen LogP contribution in [0.15, 0.2) is 32.1 Å². The average Bonchev–Trinajstić information content (AvgIpc) is 2.91. The Hall–Kier alpha value is -0.630. The molecule has 2 aromatic heterocycles. The number of hydrogen-bond donors (Lipinski definition) is 2. The van der Waals surface area contributed by atoms with Gasteiger partial charge in [-0.25, -0.2) is 5.43 Å². The Labute approximate surface area is 122 Å². The number of nitrogens with zero attached hydrogens (tertiary/aromatic N) is 2. The number of rotatable bonds is 5. The molecule has 0 radical (unpaired) electrons. The van der Waals surface area contributed by atoms with Gasteiger partial charge in [0.1, 0.15) is 0 Å². The predicted octanol–water partition coefficient (Wildman–Crippen LogP) is 2.96. The second-order valence-electron chi connectivity index (χ2n) is 3.85. The maximum atomic E-state index is 5.68. The molecule has 2 heterocycles. The maximum Gasteiger partial charge on any atom is 0.174 e. The van der Waals surface area contributed by atoms with Crippen molar-refractivity contribution in [2.45, 2.75) is 25.9 Å². The van der Waals surface area contributed by atoms with E-state index in [0.717, 1.165) is 28.7 Å². The van der Waals surface area contributed by atoms with Crippen LogP contribution in [-0.4, -0.2) is 9.78 Å². The zero-order chi connectivity index (χ0) is 13.1. The number of aryl methyl sites for hydroxylation is 1. The summed E-state index contributed by atoms with van der Waals surface area (Å²) in [7, 11) is 0. The number of hydrazine groups is 1. The number of nitrogens with one attached hydrogen (secondary N) is 1. The minimum absolute atomic E-state index is 0.179. The van der Waals surface area contributed by atoms with Gasteiger partial charge >= 0.3 is 0 Å². The molecule has 0 aromatic carbocycles. The molecular weight excluding hydrogens is 364 g/mol. The molecule has 0 aliphatic carbocycles. The molecule has 3 N–H and O–H groups in total. The lowest BCUT2D eigenvalue weighted by Gasteiger charge is -2.17. The van der Waals surface area contributed by atoms with Gasteiger partial charge in [-0.15, -0.1) is 0 Å². The zero-order valence-electron chi connectivity index (χ0n) is 9.86. The van der Waals surface area contributed by atoms with Crippen molar-refractivity contribution in [1.82, 2.24) is 15.2 Å². The molecule has 1 unspecified atom stereocenters. The molecule has 5 nitrogen and oxygen atoms in total. The zero-order valence-corrected chi connectivity index (χ0v) is 13.0. The van der Waals surface area contributed by atoms with Crippen molar-refractivity contribution in [2.75, 3.05) is 0 Å². The van der Waals surface area contributed by atoms with Crippen LogP contribution in [0, 0.1) is 0 Å². The number of aromatic nitrogens is 2. The predicted molar refractivity (Wildman–Crippen MR) is 75.8 cm³/mol. The Morgan fingerprint density at radius 3 is 2.89 bits per heavy atom. The summed E-state index contributed by atoms with van der Waals surface area (Å²) in [6, 6.07) is 1.70. The van der Waals surface area contributed by atoms with Crippen molar-refractivity contribution in [3.8, 4) is 0 Å². The van der Waals surface area contributed by atoms with Crippen molar-refractivity contribution >= 4 is 31.9 Å². The second-order valence-corrected chi connectivity index (χ2v) is 5.42. The van der Waals surface area contributed by atoms with Gasteiger partial charge in [-0.3, -0.25) is 10.5 Å². The number of furan rings is 1. The summed E-state index contributed by atoms with van der Waals surface area (Å²) in [5.41, 5.74) is 4.73. The standard InChI is InChI=1S/C11H14Br2N4O/c1-2-4-17-10(8(12)6-15-17)9(16-14)7-3-5-18-11(7)13/h3,5-6,9,16H,2,4,14H2,1H3. The van der Waals surface area contributed by atoms with Crippen LogP contribution in [0.5, 0.6) is 0 Å². The van der Waals surface area contributed by atoms with Crippen LogP contribution in [-0.2, 0) is 6.54 Å². The molecule has 0 saturated heterocycles. The fourth-order valence-electron chi connectivity index (χ4n) is 1.88. The van der Waals surface area contributed by atoms with Gasteiger partial charge in [0.2, 0.25) is 0 Å². The summed E-state index contributed by atoms with van der Waals surface area (Å²) >= 11 is 6.89. The highest BCUT2D eigenvalue weighted by Gasteiger charge is 2.23. The molecule has 2 aromatic rings. The van der Waals surface area contributed by atoms with E-state index in [4.69, 9.17) is 10.3 Å². The van der Waals surface area contributed by atoms with Crippen LogP contribution < -0.4 is 11.3 Å². The quantitative estimate of drug-likeness (QED) is 0.620. The maximum absolute atomic E-state index is 5.68. The molecular formula is C11H14Br2N4O. The first-order chi connectivity index (χ1) is 8.69. The van der Waals surface area contributed by atoms with Crippen molar-refractivity contribution in [2.24, 2.45) is 5.84 Å². The van der Waals surface area contributed by atoms with E-state index in [1.165, 1.54) is 0 Å². The Morgan fingerprint density at radius 1 is 1.56 bits per heavy atom. The van der Waals surface area contributed by atoms with Crippen molar-refractivity contribution in [1.29, 1.82) is 0 Å². The largest absolute Gasteiger partial charge is 0.457 e. The summed E-state index contributed by atoms with van der Waals surface area (Å²) < 4.78 is 8.79. The second kappa shape index (κ2) is 6.01. The van der Waals surface area contributed by atoms with Gasteiger partial charge in [0.25, 0.3) is 0 Å². The Balaban J connectivity index is 2.45. The molecule has 0 aliphatic rings. The molecule has 0 amide bonds. The first kappa shape index (κ1) is 13.8. The summed E-state index contributed by atoms with van der Waals surface area (Å²) in [6.07, 6.45) is 4.41. The highest BCUT2D eigenvalue weighted by atomic mass is 79.9. The number of nitrogens with two attached hydrogens (primary N) is 1. The highest BCUT2D eigenvalue weighted by molar-refractivity contribution is 9.10. The SMILES string of the molecule is CCCn1ncc(Br)c1C(NN)c1ccoc1Br. The average molecular weight is 378 g/mol. The fraction of sp³-hybridized carbons (Fsp3) is 0.364. The van der Waals surface area contributed by atoms with Crippen LogP contribution in [0.25, 0.3) is 0 Å². The van der Waals surface area contributed by atoms with E-state index in [0.29, 0.717) is 4.67 Å². The Morgan fingerprint density at radius 2 is 2.33 bits per heavy atom. The molecule has 98 valence electrons. The molecule has 0 fully saturated rings. The minimum Gasteiger partial charge on any atom is -0.457 e. The molecule has 0 bridgehead atoms. The molecule has 18 heavy (non-hydrogen) atoms. The van der Waals surface area contributed by atoms with Crippen LogP contribution in [0.3, 0.4) is 0 Å². The lowest BCUT2D eigenvalue weighted by molar-refractivity contribution is 0.500. The van der Waals surface area contributed by atoms with Gasteiger partial charge in [-0.1, -0.05) is 6.92 Å². The van der Waals surface area contributed by atoms with Gasteiger partial charge in [-0.05, 0) is 44.3 Å². The van der Waals surface area contributed by atoms with Crippen molar-refractivity contribution in [3.05, 3.63) is 38.9 Å². The number of hydrogen-bond acceptors (Lipinski definition) is 4. The van der Waals surface area contributed by atoms with Crippen LogP contribution in [0.2, 0.25) is 0 Å². The Kier molecular flexibility index (Phi) is 4.60. The van der Waals surface area contributed by atoms with Gasteiger partial charge in [0.05, 0.1) is 28.7 Å². The normalized spacial score (nSPS) is 12.9. The van der Waals surface area contributed by atoms with E-state index in [2.05, 4.69) is 49.3 Å². The lowest BCUT2D eigenvalue weighted by atomic mass is 10.1. The van der Waals surface area contributed by atoms with Crippen LogP contribution in [0.1, 0.15) is 30.6 Å². The summed E-state index contributed by atoms with van der Waals surface area (Å²) in [4.78, 5) is 0.